The van der Waals surface area contributed by atoms with E-state index in [0.717, 1.165) is 25.7 Å². The van der Waals surface area contributed by atoms with Crippen LogP contribution in [0.2, 0.25) is 0 Å². The van der Waals surface area contributed by atoms with Gasteiger partial charge in [-0.1, -0.05) is 6.07 Å². The number of rotatable bonds is 2. The number of fused-ring (bicyclic) bond motifs is 2. The lowest BCUT2D eigenvalue weighted by atomic mass is 10.1. The van der Waals surface area contributed by atoms with Crippen LogP contribution in [0.1, 0.15) is 5.01 Å². The summed E-state index contributed by atoms with van der Waals surface area (Å²) >= 11 is 3.12. The number of aromatic amines is 1. The number of aryl methyl sites for hydroxylation is 1. The van der Waals surface area contributed by atoms with Crippen LogP contribution in [0.15, 0.2) is 47.0 Å². The molecule has 126 valence electrons. The minimum absolute atomic E-state index is 0.154. The topological polar surface area (TPSA) is 84.4 Å². The SMILES string of the molecule is Cc1ncc(-c2nc3[nH]ccc(=O)c3nc2-c2ccc3ncsc3c2)s1. The van der Waals surface area contributed by atoms with Crippen LogP contribution in [0.25, 0.3) is 43.2 Å². The zero-order valence-corrected chi connectivity index (χ0v) is 15.2. The van der Waals surface area contributed by atoms with Gasteiger partial charge in [0.1, 0.15) is 5.69 Å². The number of aromatic nitrogens is 5. The highest BCUT2D eigenvalue weighted by molar-refractivity contribution is 7.16. The fourth-order valence-electron chi connectivity index (χ4n) is 2.83. The Morgan fingerprint density at radius 2 is 2.00 bits per heavy atom. The van der Waals surface area contributed by atoms with Crippen LogP contribution in [0.5, 0.6) is 0 Å². The Hall–Kier alpha value is -2.97. The van der Waals surface area contributed by atoms with Gasteiger partial charge in [-0.3, -0.25) is 4.79 Å². The standard InChI is InChI=1S/C18H11N5OS2/c1-9-20-7-14(26-9)17-15(10-2-3-11-13(6-10)25-8-21-11)22-16-12(24)4-5-19-18(16)23-17/h2-8H,1H3,(H,19,23,24). The number of hydrogen-bond donors (Lipinski definition) is 1. The number of pyridine rings is 1. The Labute approximate surface area is 155 Å². The van der Waals surface area contributed by atoms with E-state index >= 15 is 0 Å². The van der Waals surface area contributed by atoms with E-state index in [-0.39, 0.29) is 5.43 Å². The van der Waals surface area contributed by atoms with E-state index < -0.39 is 0 Å². The third-order valence-electron chi connectivity index (χ3n) is 4.04. The van der Waals surface area contributed by atoms with Crippen LogP contribution >= 0.6 is 22.7 Å². The maximum atomic E-state index is 12.2. The van der Waals surface area contributed by atoms with Crippen LogP contribution in [-0.2, 0) is 0 Å². The Balaban J connectivity index is 1.86. The van der Waals surface area contributed by atoms with Crippen molar-refractivity contribution in [3.63, 3.8) is 0 Å². The zero-order chi connectivity index (χ0) is 17.7. The van der Waals surface area contributed by atoms with Gasteiger partial charge < -0.3 is 4.98 Å². The molecule has 0 aliphatic carbocycles. The average Bonchev–Trinajstić information content (AvgIpc) is 3.29. The predicted octanol–water partition coefficient (Wildman–Crippen LogP) is 4.03. The molecule has 0 bridgehead atoms. The molecule has 0 aliphatic heterocycles. The van der Waals surface area contributed by atoms with Crippen molar-refractivity contribution in [2.24, 2.45) is 0 Å². The summed E-state index contributed by atoms with van der Waals surface area (Å²) in [7, 11) is 0. The first-order chi connectivity index (χ1) is 12.7. The van der Waals surface area contributed by atoms with Gasteiger partial charge in [0, 0.05) is 24.0 Å². The molecule has 5 aromatic rings. The van der Waals surface area contributed by atoms with E-state index in [4.69, 9.17) is 4.98 Å². The third kappa shape index (κ3) is 2.42. The lowest BCUT2D eigenvalue weighted by Crippen LogP contribution is -2.06. The molecule has 1 aromatic carbocycles. The van der Waals surface area contributed by atoms with Crippen molar-refractivity contribution in [3.8, 4) is 21.8 Å². The van der Waals surface area contributed by atoms with E-state index in [1.54, 1.807) is 35.1 Å². The fraction of sp³-hybridized carbons (Fsp3) is 0.0556. The molecule has 0 spiro atoms. The summed E-state index contributed by atoms with van der Waals surface area (Å²) in [6, 6.07) is 7.43. The maximum Gasteiger partial charge on any atom is 0.209 e. The quantitative estimate of drug-likeness (QED) is 0.502. The highest BCUT2D eigenvalue weighted by Crippen LogP contribution is 2.34. The fourth-order valence-corrected chi connectivity index (χ4v) is 4.31. The van der Waals surface area contributed by atoms with E-state index in [1.165, 1.54) is 6.07 Å². The van der Waals surface area contributed by atoms with Gasteiger partial charge in [-0.05, 0) is 19.1 Å². The molecule has 0 saturated heterocycles. The van der Waals surface area contributed by atoms with Gasteiger partial charge in [0.2, 0.25) is 5.43 Å². The molecule has 4 heterocycles. The number of thiazole rings is 2. The summed E-state index contributed by atoms with van der Waals surface area (Å²) in [5.41, 5.74) is 5.71. The highest BCUT2D eigenvalue weighted by Gasteiger charge is 2.17. The monoisotopic (exact) mass is 377 g/mol. The second kappa shape index (κ2) is 5.79. The van der Waals surface area contributed by atoms with Gasteiger partial charge >= 0.3 is 0 Å². The molecule has 0 amide bonds. The molecule has 0 aliphatic rings. The first-order valence-corrected chi connectivity index (χ1v) is 9.54. The van der Waals surface area contributed by atoms with Crippen molar-refractivity contribution in [3.05, 3.63) is 57.4 Å². The molecule has 0 saturated carbocycles. The van der Waals surface area contributed by atoms with Crippen LogP contribution in [0.4, 0.5) is 0 Å². The summed E-state index contributed by atoms with van der Waals surface area (Å²) in [6.45, 7) is 1.95. The molecule has 1 N–H and O–H groups in total. The van der Waals surface area contributed by atoms with Crippen LogP contribution < -0.4 is 5.43 Å². The highest BCUT2D eigenvalue weighted by atomic mass is 32.1. The average molecular weight is 377 g/mol. The minimum Gasteiger partial charge on any atom is -0.345 e. The summed E-state index contributed by atoms with van der Waals surface area (Å²) in [5, 5.41) is 0.951. The number of benzene rings is 1. The second-order valence-corrected chi connectivity index (χ2v) is 7.86. The van der Waals surface area contributed by atoms with Crippen LogP contribution in [0.3, 0.4) is 0 Å². The Morgan fingerprint density at radius 3 is 2.85 bits per heavy atom. The first-order valence-electron chi connectivity index (χ1n) is 7.85. The second-order valence-electron chi connectivity index (χ2n) is 5.74. The number of H-pyrrole nitrogens is 1. The van der Waals surface area contributed by atoms with Crippen LogP contribution in [0, 0.1) is 6.92 Å². The summed E-state index contributed by atoms with van der Waals surface area (Å²) < 4.78 is 1.07. The molecule has 4 aromatic heterocycles. The summed E-state index contributed by atoms with van der Waals surface area (Å²) in [5.74, 6) is 0. The molecule has 0 atom stereocenters. The van der Waals surface area contributed by atoms with Crippen LogP contribution in [-0.4, -0.2) is 24.9 Å². The molecular formula is C18H11N5OS2. The smallest absolute Gasteiger partial charge is 0.209 e. The molecular weight excluding hydrogens is 366 g/mol. The van der Waals surface area contributed by atoms with E-state index in [1.807, 2.05) is 30.6 Å². The normalized spacial score (nSPS) is 11.4. The van der Waals surface area contributed by atoms with Gasteiger partial charge in [-0.25, -0.2) is 19.9 Å². The van der Waals surface area contributed by atoms with Gasteiger partial charge in [0.05, 0.1) is 31.3 Å². The number of nitrogens with zero attached hydrogens (tertiary/aromatic N) is 4. The Bertz CT molecular complexity index is 1330. The maximum absolute atomic E-state index is 12.2. The van der Waals surface area contributed by atoms with Crippen molar-refractivity contribution in [2.75, 3.05) is 0 Å². The van der Waals surface area contributed by atoms with Crippen molar-refractivity contribution in [2.45, 2.75) is 6.92 Å². The molecule has 26 heavy (non-hydrogen) atoms. The molecule has 0 unspecified atom stereocenters. The van der Waals surface area contributed by atoms with Crippen molar-refractivity contribution < 1.29 is 0 Å². The van der Waals surface area contributed by atoms with Gasteiger partial charge in [-0.15, -0.1) is 22.7 Å². The molecule has 0 fully saturated rings. The number of hydrogen-bond acceptors (Lipinski definition) is 7. The van der Waals surface area contributed by atoms with E-state index in [0.29, 0.717) is 22.6 Å². The Morgan fingerprint density at radius 1 is 1.08 bits per heavy atom. The van der Waals surface area contributed by atoms with Crippen molar-refractivity contribution in [1.29, 1.82) is 0 Å². The van der Waals surface area contributed by atoms with Gasteiger partial charge in [-0.2, -0.15) is 0 Å². The number of nitrogens with one attached hydrogen (secondary N) is 1. The first kappa shape index (κ1) is 15.3. The predicted molar refractivity (Wildman–Crippen MR) is 105 cm³/mol. The van der Waals surface area contributed by atoms with Crippen molar-refractivity contribution >= 4 is 44.1 Å². The summed E-state index contributed by atoms with van der Waals surface area (Å²) in [4.78, 5) is 34.2. The largest absolute Gasteiger partial charge is 0.345 e. The summed E-state index contributed by atoms with van der Waals surface area (Å²) in [6.07, 6.45) is 3.38. The molecule has 6 nitrogen and oxygen atoms in total. The van der Waals surface area contributed by atoms with Crippen molar-refractivity contribution in [1.82, 2.24) is 24.9 Å². The lowest BCUT2D eigenvalue weighted by molar-refractivity contribution is 1.22. The third-order valence-corrected chi connectivity index (χ3v) is 5.75. The van der Waals surface area contributed by atoms with Gasteiger partial charge in [0.15, 0.2) is 11.2 Å². The Kier molecular flexibility index (Phi) is 3.41. The van der Waals surface area contributed by atoms with E-state index in [2.05, 4.69) is 19.9 Å². The molecule has 8 heteroatoms. The molecule has 5 rings (SSSR count). The molecule has 0 radical (unpaired) electrons. The lowest BCUT2D eigenvalue weighted by Gasteiger charge is -2.08. The zero-order valence-electron chi connectivity index (χ0n) is 13.6. The van der Waals surface area contributed by atoms with E-state index in [9.17, 15) is 4.79 Å². The van der Waals surface area contributed by atoms with Gasteiger partial charge in [0.25, 0.3) is 0 Å². The minimum atomic E-state index is -0.154.